The van der Waals surface area contributed by atoms with Crippen molar-refractivity contribution in [1.29, 1.82) is 0 Å². The lowest BCUT2D eigenvalue weighted by Crippen LogP contribution is -2.47. The van der Waals surface area contributed by atoms with Gasteiger partial charge in [0.2, 0.25) is 0 Å². The number of halogens is 1. The summed E-state index contributed by atoms with van der Waals surface area (Å²) in [6.07, 6.45) is 0. The summed E-state index contributed by atoms with van der Waals surface area (Å²) < 4.78 is 20.4. The van der Waals surface area contributed by atoms with Gasteiger partial charge in [-0.3, -0.25) is 14.9 Å². The lowest BCUT2D eigenvalue weighted by Gasteiger charge is -2.24. The van der Waals surface area contributed by atoms with E-state index in [0.717, 1.165) is 19.2 Å². The zero-order chi connectivity index (χ0) is 26.1. The molecule has 1 unspecified atom stereocenters. The number of hydrogen-bond donors (Lipinski definition) is 0. The topological polar surface area (TPSA) is 131 Å². The van der Waals surface area contributed by atoms with Crippen LogP contribution in [0.4, 0.5) is 0 Å². The van der Waals surface area contributed by atoms with E-state index in [-0.39, 0.29) is 24.7 Å². The number of methoxy groups -OCH3 is 1. The van der Waals surface area contributed by atoms with Crippen LogP contribution in [0.1, 0.15) is 27.0 Å². The van der Waals surface area contributed by atoms with Crippen LogP contribution in [0.5, 0.6) is 5.75 Å². The van der Waals surface area contributed by atoms with Crippen LogP contribution in [0.15, 0.2) is 72.8 Å². The van der Waals surface area contributed by atoms with Gasteiger partial charge in [-0.2, -0.15) is 0 Å². The molecule has 0 N–H and O–H groups in total. The van der Waals surface area contributed by atoms with Crippen molar-refractivity contribution in [2.75, 3.05) is 7.11 Å². The molecule has 3 aromatic carbocycles. The molecule has 0 aliphatic carbocycles. The van der Waals surface area contributed by atoms with Gasteiger partial charge in [0.25, 0.3) is 6.47 Å². The summed E-state index contributed by atoms with van der Waals surface area (Å²) in [6.45, 7) is -0.749. The minimum absolute atomic E-state index is 0.131. The first-order valence-electron chi connectivity index (χ1n) is 10.4. The number of nitro groups is 1. The van der Waals surface area contributed by atoms with Crippen molar-refractivity contribution in [3.8, 4) is 5.75 Å². The summed E-state index contributed by atoms with van der Waals surface area (Å²) >= 11 is 6.21. The molecule has 0 aliphatic rings. The van der Waals surface area contributed by atoms with E-state index in [2.05, 4.69) is 0 Å². The molecule has 186 valence electrons. The van der Waals surface area contributed by atoms with Gasteiger partial charge in [0.1, 0.15) is 30.1 Å². The van der Waals surface area contributed by atoms with E-state index < -0.39 is 39.5 Å². The Bertz CT molecular complexity index is 1250. The zero-order valence-corrected chi connectivity index (χ0v) is 19.7. The van der Waals surface area contributed by atoms with E-state index in [4.69, 9.17) is 30.5 Å². The number of carbonyl (C=O) groups is 3. The first kappa shape index (κ1) is 26.2. The van der Waals surface area contributed by atoms with Gasteiger partial charge in [-0.15, -0.1) is 0 Å². The van der Waals surface area contributed by atoms with E-state index in [9.17, 15) is 24.5 Å². The third-order valence-corrected chi connectivity index (χ3v) is 5.37. The Morgan fingerprint density at radius 1 is 0.944 bits per heavy atom. The number of hydrogen-bond acceptors (Lipinski definition) is 9. The maximum Gasteiger partial charge on any atom is 0.493 e. The molecular weight excluding hydrogens is 494 g/mol. The molecule has 0 aromatic heterocycles. The van der Waals surface area contributed by atoms with Crippen LogP contribution in [0.25, 0.3) is 0 Å². The quantitative estimate of drug-likeness (QED) is 0.0929. The highest BCUT2D eigenvalue weighted by molar-refractivity contribution is 6.34. The fourth-order valence-electron chi connectivity index (χ4n) is 3.35. The molecule has 0 fully saturated rings. The van der Waals surface area contributed by atoms with Gasteiger partial charge < -0.3 is 18.9 Å². The second kappa shape index (κ2) is 11.8. The summed E-state index contributed by atoms with van der Waals surface area (Å²) in [6, 6.07) is 19.2. The van der Waals surface area contributed by atoms with Gasteiger partial charge in [0.15, 0.2) is 0 Å². The first-order chi connectivity index (χ1) is 17.3. The molecule has 11 heteroatoms. The molecule has 0 bridgehead atoms. The Hall–Kier alpha value is -4.44. The molecule has 36 heavy (non-hydrogen) atoms. The van der Waals surface area contributed by atoms with Crippen LogP contribution in [0.3, 0.4) is 0 Å². The zero-order valence-electron chi connectivity index (χ0n) is 18.9. The van der Waals surface area contributed by atoms with Gasteiger partial charge in [-0.1, -0.05) is 72.3 Å². The van der Waals surface area contributed by atoms with Crippen LogP contribution in [0, 0.1) is 10.1 Å². The Labute approximate surface area is 210 Å². The van der Waals surface area contributed by atoms with Crippen molar-refractivity contribution >= 4 is 30.0 Å². The van der Waals surface area contributed by atoms with Gasteiger partial charge >= 0.3 is 17.7 Å². The average molecular weight is 514 g/mol. The predicted molar refractivity (Wildman–Crippen MR) is 126 cm³/mol. The van der Waals surface area contributed by atoms with E-state index in [0.29, 0.717) is 11.1 Å². The number of nitrogens with zero attached hydrogens (tertiary/aromatic N) is 1. The second-order valence-corrected chi connectivity index (χ2v) is 7.65. The largest absolute Gasteiger partial charge is 0.495 e. The Morgan fingerprint density at radius 2 is 1.50 bits per heavy atom. The molecule has 1 atom stereocenters. The van der Waals surface area contributed by atoms with Crippen molar-refractivity contribution in [1.82, 2.24) is 0 Å². The molecule has 0 amide bonds. The van der Waals surface area contributed by atoms with Gasteiger partial charge in [-0.05, 0) is 23.3 Å². The van der Waals surface area contributed by atoms with Crippen molar-refractivity contribution in [2.24, 2.45) is 0 Å². The molecular formula is C25H20ClNO9. The normalized spacial score (nSPS) is 12.1. The fourth-order valence-corrected chi connectivity index (χ4v) is 3.58. The Kier molecular flexibility index (Phi) is 8.58. The smallest absolute Gasteiger partial charge is 0.493 e. The molecule has 3 rings (SSSR count). The van der Waals surface area contributed by atoms with E-state index in [1.165, 1.54) is 0 Å². The van der Waals surface area contributed by atoms with E-state index in [1.807, 2.05) is 0 Å². The number of carbonyl (C=O) groups excluding carboxylic acids is 3. The minimum atomic E-state index is -3.19. The van der Waals surface area contributed by atoms with Crippen LogP contribution in [-0.2, 0) is 42.7 Å². The molecule has 0 spiro atoms. The molecule has 0 saturated heterocycles. The summed E-state index contributed by atoms with van der Waals surface area (Å²) in [4.78, 5) is 48.4. The molecule has 10 nitrogen and oxygen atoms in total. The summed E-state index contributed by atoms with van der Waals surface area (Å²) in [5.41, 5.74) is -2.98. The second-order valence-electron chi connectivity index (χ2n) is 7.24. The van der Waals surface area contributed by atoms with Gasteiger partial charge in [0.05, 0.1) is 17.1 Å². The lowest BCUT2D eigenvalue weighted by atomic mass is 9.98. The van der Waals surface area contributed by atoms with Crippen molar-refractivity contribution < 1.29 is 38.3 Å². The van der Waals surface area contributed by atoms with Crippen molar-refractivity contribution in [2.45, 2.75) is 18.9 Å². The van der Waals surface area contributed by atoms with Gasteiger partial charge in [-0.25, -0.2) is 9.59 Å². The fraction of sp³-hybridized carbons (Fsp3) is 0.160. The molecule has 0 aliphatic heterocycles. The maximum absolute atomic E-state index is 13.1. The van der Waals surface area contributed by atoms with E-state index >= 15 is 0 Å². The summed E-state index contributed by atoms with van der Waals surface area (Å²) in [5, 5.41) is 12.1. The summed E-state index contributed by atoms with van der Waals surface area (Å²) in [5.74, 6) is -2.99. The Morgan fingerprint density at radius 3 is 2.00 bits per heavy atom. The van der Waals surface area contributed by atoms with Crippen LogP contribution >= 0.6 is 11.6 Å². The SMILES string of the molecule is COc1c(C(OC=O)(C(=O)OCc2ccccc2)[N+](=O)[O-])ccc(Cl)c1C(=O)OCc1ccccc1. The predicted octanol–water partition coefficient (Wildman–Crippen LogP) is 4.05. The van der Waals surface area contributed by atoms with Crippen LogP contribution < -0.4 is 4.74 Å². The highest BCUT2D eigenvalue weighted by atomic mass is 35.5. The summed E-state index contributed by atoms with van der Waals surface area (Å²) in [7, 11) is 1.10. The third-order valence-electron chi connectivity index (χ3n) is 5.06. The molecule has 0 heterocycles. The number of ether oxygens (including phenoxy) is 4. The van der Waals surface area contributed by atoms with E-state index in [1.54, 1.807) is 60.7 Å². The van der Waals surface area contributed by atoms with Crippen LogP contribution in [-0.4, -0.2) is 30.4 Å². The maximum atomic E-state index is 13.1. The highest BCUT2D eigenvalue weighted by Crippen LogP contribution is 2.40. The lowest BCUT2D eigenvalue weighted by molar-refractivity contribution is -0.614. The van der Waals surface area contributed by atoms with Crippen LogP contribution in [0.2, 0.25) is 5.02 Å². The molecule has 0 radical (unpaired) electrons. The molecule has 3 aromatic rings. The van der Waals surface area contributed by atoms with Crippen molar-refractivity contribution in [3.05, 3.63) is 110 Å². The minimum Gasteiger partial charge on any atom is -0.495 e. The van der Waals surface area contributed by atoms with Gasteiger partial charge in [0, 0.05) is 0 Å². The Balaban J connectivity index is 2.03. The van der Waals surface area contributed by atoms with Crippen molar-refractivity contribution in [3.63, 3.8) is 0 Å². The average Bonchev–Trinajstić information content (AvgIpc) is 2.89. The first-order valence-corrected chi connectivity index (χ1v) is 10.8. The number of rotatable bonds is 11. The number of esters is 2. The third kappa shape index (κ3) is 5.44. The molecule has 0 saturated carbocycles. The highest BCUT2D eigenvalue weighted by Gasteiger charge is 2.60. The standard InChI is InChI=1S/C25H20ClNO9/c1-33-22-19(12-13-20(26)21(22)23(29)34-14-17-8-4-2-5-9-17)25(27(31)32,36-16-28)24(30)35-15-18-10-6-3-7-11-18/h2-13,16H,14-15H2,1H3. The monoisotopic (exact) mass is 513 g/mol. The number of benzene rings is 3.